The first-order chi connectivity index (χ1) is 11.1. The van der Waals surface area contributed by atoms with Crippen LogP contribution in [0.4, 0.5) is 4.39 Å². The summed E-state index contributed by atoms with van der Waals surface area (Å²) in [5, 5.41) is 0. The van der Waals surface area contributed by atoms with E-state index in [1.165, 1.54) is 6.07 Å². The lowest BCUT2D eigenvalue weighted by molar-refractivity contribution is 0.112. The Kier molecular flexibility index (Phi) is 6.36. The standard InChI is InChI=1S/C16H16BrClFNO2S2/c1-16(2,3)24(22)20-15(9-5-4-6-11(19)14(9)17)10-7-13(18)23-12(10)8-21/h4-8,15,20H,1-3H3/t15-,24+/m0/s1. The number of hydrogen-bond acceptors (Lipinski definition) is 3. The number of hydrogen-bond donors (Lipinski definition) is 1. The van der Waals surface area contributed by atoms with E-state index in [4.69, 9.17) is 11.6 Å². The molecule has 0 radical (unpaired) electrons. The van der Waals surface area contributed by atoms with Gasteiger partial charge in [0.05, 0.1) is 35.5 Å². The summed E-state index contributed by atoms with van der Waals surface area (Å²) >= 11 is 10.4. The normalized spacial score (nSPS) is 14.4. The fourth-order valence-electron chi connectivity index (χ4n) is 2.03. The summed E-state index contributed by atoms with van der Waals surface area (Å²) < 4.78 is 29.7. The molecule has 1 aromatic heterocycles. The molecule has 0 saturated carbocycles. The molecular weight excluding hydrogens is 437 g/mol. The van der Waals surface area contributed by atoms with E-state index in [1.54, 1.807) is 18.2 Å². The molecule has 1 N–H and O–H groups in total. The van der Waals surface area contributed by atoms with Gasteiger partial charge in [0, 0.05) is 0 Å². The third-order valence-corrected chi connectivity index (χ3v) is 6.86. The van der Waals surface area contributed by atoms with Crippen LogP contribution in [0, 0.1) is 5.82 Å². The first-order valence-electron chi connectivity index (χ1n) is 7.01. The van der Waals surface area contributed by atoms with Gasteiger partial charge in [-0.15, -0.1) is 11.3 Å². The number of nitrogens with one attached hydrogen (secondary N) is 1. The SMILES string of the molecule is CC(C)(C)[S@@](=O)N[C@H](c1cc(Cl)sc1C=O)c1cccc(F)c1Br. The lowest BCUT2D eigenvalue weighted by Gasteiger charge is -2.25. The third kappa shape index (κ3) is 4.32. The first kappa shape index (κ1) is 19.7. The Morgan fingerprint density at radius 3 is 2.62 bits per heavy atom. The second kappa shape index (κ2) is 7.74. The highest BCUT2D eigenvalue weighted by Crippen LogP contribution is 2.37. The van der Waals surface area contributed by atoms with Crippen LogP contribution in [0.1, 0.15) is 47.6 Å². The molecule has 0 bridgehead atoms. The number of benzene rings is 1. The molecule has 0 spiro atoms. The van der Waals surface area contributed by atoms with Gasteiger partial charge in [-0.3, -0.25) is 4.79 Å². The maximum atomic E-state index is 14.0. The minimum absolute atomic E-state index is 0.257. The summed E-state index contributed by atoms with van der Waals surface area (Å²) in [7, 11) is -1.43. The van der Waals surface area contributed by atoms with Crippen LogP contribution >= 0.6 is 38.9 Å². The highest BCUT2D eigenvalue weighted by Gasteiger charge is 2.28. The fourth-order valence-corrected chi connectivity index (χ4v) is 4.45. The predicted octanol–water partition coefficient (Wildman–Crippen LogP) is 5.26. The maximum absolute atomic E-state index is 14.0. The van der Waals surface area contributed by atoms with Crippen molar-refractivity contribution in [3.63, 3.8) is 0 Å². The van der Waals surface area contributed by atoms with Gasteiger partial charge < -0.3 is 0 Å². The van der Waals surface area contributed by atoms with Gasteiger partial charge in [-0.2, -0.15) is 0 Å². The summed E-state index contributed by atoms with van der Waals surface area (Å²) in [4.78, 5) is 11.8. The monoisotopic (exact) mass is 451 g/mol. The zero-order valence-corrected chi connectivity index (χ0v) is 17.2. The minimum Gasteiger partial charge on any atom is -0.297 e. The quantitative estimate of drug-likeness (QED) is 0.629. The molecule has 0 aliphatic carbocycles. The Balaban J connectivity index is 2.59. The number of thiophene rings is 1. The number of carbonyl (C=O) groups excluding carboxylic acids is 1. The molecule has 0 amide bonds. The van der Waals surface area contributed by atoms with E-state index in [1.807, 2.05) is 20.8 Å². The van der Waals surface area contributed by atoms with Crippen LogP contribution in [0.5, 0.6) is 0 Å². The van der Waals surface area contributed by atoms with Gasteiger partial charge in [0.15, 0.2) is 6.29 Å². The van der Waals surface area contributed by atoms with Crippen LogP contribution in [0.2, 0.25) is 4.34 Å². The van der Waals surface area contributed by atoms with Gasteiger partial charge in [-0.1, -0.05) is 23.7 Å². The average molecular weight is 453 g/mol. The minimum atomic E-state index is -1.43. The van der Waals surface area contributed by atoms with Crippen molar-refractivity contribution in [2.45, 2.75) is 31.6 Å². The van der Waals surface area contributed by atoms with Crippen LogP contribution in [-0.2, 0) is 11.0 Å². The Hall–Kier alpha value is -0.600. The van der Waals surface area contributed by atoms with Crippen LogP contribution in [-0.4, -0.2) is 15.2 Å². The summed E-state index contributed by atoms with van der Waals surface area (Å²) in [5.74, 6) is -0.435. The van der Waals surface area contributed by atoms with Crippen LogP contribution in [0.25, 0.3) is 0 Å². The van der Waals surface area contributed by atoms with Crippen molar-refractivity contribution >= 4 is 56.1 Å². The molecular formula is C16H16BrClFNO2S2. The topological polar surface area (TPSA) is 46.2 Å². The van der Waals surface area contributed by atoms with Crippen molar-refractivity contribution in [2.24, 2.45) is 0 Å². The molecule has 0 aliphatic heterocycles. The van der Waals surface area contributed by atoms with Crippen molar-refractivity contribution in [3.05, 3.63) is 54.9 Å². The highest BCUT2D eigenvalue weighted by atomic mass is 79.9. The van der Waals surface area contributed by atoms with Gasteiger partial charge in [0.25, 0.3) is 0 Å². The molecule has 1 aromatic carbocycles. The van der Waals surface area contributed by atoms with Gasteiger partial charge in [-0.25, -0.2) is 13.3 Å². The zero-order valence-electron chi connectivity index (χ0n) is 13.2. The third-order valence-electron chi connectivity index (χ3n) is 3.25. The van der Waals surface area contributed by atoms with Crippen LogP contribution in [0.3, 0.4) is 0 Å². The molecule has 8 heteroatoms. The van der Waals surface area contributed by atoms with E-state index in [2.05, 4.69) is 20.7 Å². The van der Waals surface area contributed by atoms with Gasteiger partial charge in [0.1, 0.15) is 5.82 Å². The molecule has 2 aromatic rings. The van der Waals surface area contributed by atoms with Crippen LogP contribution < -0.4 is 4.72 Å². The molecule has 0 saturated heterocycles. The number of carbonyl (C=O) groups is 1. The van der Waals surface area contributed by atoms with Crippen molar-refractivity contribution in [3.8, 4) is 0 Å². The molecule has 0 fully saturated rings. The van der Waals surface area contributed by atoms with Gasteiger partial charge >= 0.3 is 0 Å². The summed E-state index contributed by atoms with van der Waals surface area (Å²) in [6, 6.07) is 5.61. The first-order valence-corrected chi connectivity index (χ1v) is 10.1. The maximum Gasteiger partial charge on any atom is 0.160 e. The average Bonchev–Trinajstić information content (AvgIpc) is 2.87. The van der Waals surface area contributed by atoms with E-state index < -0.39 is 27.6 Å². The van der Waals surface area contributed by atoms with Crippen LogP contribution in [0.15, 0.2) is 28.7 Å². The Morgan fingerprint density at radius 1 is 1.38 bits per heavy atom. The lowest BCUT2D eigenvalue weighted by Crippen LogP contribution is -2.36. The fraction of sp³-hybridized carbons (Fsp3) is 0.312. The summed E-state index contributed by atoms with van der Waals surface area (Å²) in [6.45, 7) is 5.49. The number of aldehydes is 1. The van der Waals surface area contributed by atoms with Gasteiger partial charge in [0.2, 0.25) is 0 Å². The van der Waals surface area contributed by atoms with E-state index in [-0.39, 0.29) is 4.47 Å². The highest BCUT2D eigenvalue weighted by molar-refractivity contribution is 9.10. The van der Waals surface area contributed by atoms with Crippen molar-refractivity contribution in [1.29, 1.82) is 0 Å². The van der Waals surface area contributed by atoms with E-state index >= 15 is 0 Å². The summed E-state index contributed by atoms with van der Waals surface area (Å²) in [6.07, 6.45) is 0.702. The molecule has 24 heavy (non-hydrogen) atoms. The molecule has 130 valence electrons. The van der Waals surface area contributed by atoms with Crippen molar-refractivity contribution in [1.82, 2.24) is 4.72 Å². The zero-order chi connectivity index (χ0) is 18.1. The smallest absolute Gasteiger partial charge is 0.160 e. The Bertz CT molecular complexity index is 789. The Labute approximate surface area is 160 Å². The Morgan fingerprint density at radius 2 is 2.04 bits per heavy atom. The van der Waals surface area contributed by atoms with Crippen molar-refractivity contribution < 1.29 is 13.4 Å². The second-order valence-electron chi connectivity index (χ2n) is 6.06. The molecule has 2 atom stereocenters. The summed E-state index contributed by atoms with van der Waals surface area (Å²) in [5.41, 5.74) is 1.12. The van der Waals surface area contributed by atoms with Gasteiger partial charge in [-0.05, 0) is 60.0 Å². The molecule has 0 aliphatic rings. The van der Waals surface area contributed by atoms with E-state index in [9.17, 15) is 13.4 Å². The predicted molar refractivity (Wildman–Crippen MR) is 102 cm³/mol. The molecule has 3 nitrogen and oxygen atoms in total. The molecule has 1 heterocycles. The largest absolute Gasteiger partial charge is 0.297 e. The number of halogens is 3. The van der Waals surface area contributed by atoms with Crippen molar-refractivity contribution in [2.75, 3.05) is 0 Å². The second-order valence-corrected chi connectivity index (χ2v) is 10.6. The lowest BCUT2D eigenvalue weighted by atomic mass is 10.0. The number of rotatable bonds is 5. The van der Waals surface area contributed by atoms with E-state index in [0.29, 0.717) is 26.6 Å². The van der Waals surface area contributed by atoms with E-state index in [0.717, 1.165) is 11.3 Å². The molecule has 2 rings (SSSR count). The molecule has 0 unspecified atom stereocenters.